The lowest BCUT2D eigenvalue weighted by molar-refractivity contribution is -0.120. The maximum Gasteiger partial charge on any atom is 0.319 e. The third kappa shape index (κ3) is 5.70. The third-order valence-electron chi connectivity index (χ3n) is 4.48. The van der Waals surface area contributed by atoms with Gasteiger partial charge in [0.1, 0.15) is 0 Å². The third-order valence-corrected chi connectivity index (χ3v) is 4.81. The van der Waals surface area contributed by atoms with Crippen LogP contribution in [0.2, 0.25) is 5.02 Å². The SMILES string of the molecule is O=C(NCc1cccc(NC(=O)C2CCNCC2)c1)Nc1ccccc1Cl. The van der Waals surface area contributed by atoms with Crippen molar-refractivity contribution < 1.29 is 9.59 Å². The van der Waals surface area contributed by atoms with Crippen molar-refractivity contribution in [1.82, 2.24) is 10.6 Å². The van der Waals surface area contributed by atoms with Crippen LogP contribution >= 0.6 is 11.6 Å². The van der Waals surface area contributed by atoms with Gasteiger partial charge >= 0.3 is 6.03 Å². The van der Waals surface area contributed by atoms with Gasteiger partial charge in [0, 0.05) is 18.2 Å². The molecule has 0 aromatic heterocycles. The summed E-state index contributed by atoms with van der Waals surface area (Å²) < 4.78 is 0. The van der Waals surface area contributed by atoms with E-state index in [2.05, 4.69) is 21.3 Å². The molecule has 0 radical (unpaired) electrons. The Bertz CT molecular complexity index is 806. The summed E-state index contributed by atoms with van der Waals surface area (Å²) in [5, 5.41) is 12.2. The molecule has 0 bridgehead atoms. The number of hydrogen-bond acceptors (Lipinski definition) is 3. The van der Waals surface area contributed by atoms with Crippen LogP contribution in [0.25, 0.3) is 0 Å². The molecule has 2 aromatic rings. The van der Waals surface area contributed by atoms with Gasteiger partial charge in [0.25, 0.3) is 0 Å². The first-order chi connectivity index (χ1) is 13.1. The Morgan fingerprint density at radius 1 is 1.04 bits per heavy atom. The van der Waals surface area contributed by atoms with E-state index >= 15 is 0 Å². The van der Waals surface area contributed by atoms with E-state index in [4.69, 9.17) is 11.6 Å². The summed E-state index contributed by atoms with van der Waals surface area (Å²) in [5.41, 5.74) is 2.19. The smallest absolute Gasteiger partial charge is 0.319 e. The number of rotatable bonds is 5. The van der Waals surface area contributed by atoms with Crippen LogP contribution in [-0.2, 0) is 11.3 Å². The summed E-state index contributed by atoms with van der Waals surface area (Å²) in [5.74, 6) is 0.104. The molecular weight excluding hydrogens is 364 g/mol. The van der Waals surface area contributed by atoms with Crippen molar-refractivity contribution >= 4 is 34.9 Å². The summed E-state index contributed by atoms with van der Waals surface area (Å²) in [6.07, 6.45) is 1.71. The number of hydrogen-bond donors (Lipinski definition) is 4. The molecule has 27 heavy (non-hydrogen) atoms. The van der Waals surface area contributed by atoms with Crippen LogP contribution in [0.5, 0.6) is 0 Å². The van der Waals surface area contributed by atoms with E-state index in [1.54, 1.807) is 24.3 Å². The summed E-state index contributed by atoms with van der Waals surface area (Å²) in [4.78, 5) is 24.4. The zero-order valence-electron chi connectivity index (χ0n) is 14.9. The maximum absolute atomic E-state index is 12.3. The minimum atomic E-state index is -0.341. The van der Waals surface area contributed by atoms with Crippen LogP contribution in [0.3, 0.4) is 0 Å². The number of anilines is 2. The molecule has 2 aromatic carbocycles. The molecule has 142 valence electrons. The first-order valence-corrected chi connectivity index (χ1v) is 9.39. The van der Waals surface area contributed by atoms with E-state index in [9.17, 15) is 9.59 Å². The van der Waals surface area contributed by atoms with E-state index in [0.717, 1.165) is 37.2 Å². The van der Waals surface area contributed by atoms with Crippen LogP contribution in [0.1, 0.15) is 18.4 Å². The maximum atomic E-state index is 12.3. The summed E-state index contributed by atoms with van der Waals surface area (Å²) in [7, 11) is 0. The molecule has 0 aliphatic carbocycles. The zero-order chi connectivity index (χ0) is 19.1. The van der Waals surface area contributed by atoms with Crippen molar-refractivity contribution in [1.29, 1.82) is 0 Å². The minimum Gasteiger partial charge on any atom is -0.334 e. The highest BCUT2D eigenvalue weighted by atomic mass is 35.5. The molecule has 1 saturated heterocycles. The van der Waals surface area contributed by atoms with Gasteiger partial charge in [0.15, 0.2) is 0 Å². The van der Waals surface area contributed by atoms with E-state index in [-0.39, 0.29) is 17.9 Å². The van der Waals surface area contributed by atoms with E-state index in [0.29, 0.717) is 17.3 Å². The molecular formula is C20H23ClN4O2. The predicted molar refractivity (Wildman–Crippen MR) is 108 cm³/mol. The standard InChI is InChI=1S/C20H23ClN4O2/c21-17-6-1-2-7-18(17)25-20(27)23-13-14-4-3-5-16(12-14)24-19(26)15-8-10-22-11-9-15/h1-7,12,15,22H,8-11,13H2,(H,24,26)(H2,23,25,27). The second kappa shape index (κ2) is 9.39. The highest BCUT2D eigenvalue weighted by molar-refractivity contribution is 6.33. The van der Waals surface area contributed by atoms with Crippen molar-refractivity contribution in [2.45, 2.75) is 19.4 Å². The van der Waals surface area contributed by atoms with Gasteiger partial charge in [-0.2, -0.15) is 0 Å². The number of nitrogens with one attached hydrogen (secondary N) is 4. The quantitative estimate of drug-likeness (QED) is 0.633. The normalized spacial score (nSPS) is 14.4. The van der Waals surface area contributed by atoms with Gasteiger partial charge in [-0.15, -0.1) is 0 Å². The number of carbonyl (C=O) groups is 2. The van der Waals surface area contributed by atoms with Gasteiger partial charge in [0.2, 0.25) is 5.91 Å². The van der Waals surface area contributed by atoms with E-state index < -0.39 is 0 Å². The number of urea groups is 1. The molecule has 6 nitrogen and oxygen atoms in total. The zero-order valence-corrected chi connectivity index (χ0v) is 15.7. The van der Waals surface area contributed by atoms with Crippen LogP contribution in [-0.4, -0.2) is 25.0 Å². The Balaban J connectivity index is 1.52. The molecule has 7 heteroatoms. The average Bonchev–Trinajstić information content (AvgIpc) is 2.69. The largest absolute Gasteiger partial charge is 0.334 e. The molecule has 3 rings (SSSR count). The van der Waals surface area contributed by atoms with Gasteiger partial charge in [-0.1, -0.05) is 35.9 Å². The number of benzene rings is 2. The lowest BCUT2D eigenvalue weighted by atomic mass is 9.97. The van der Waals surface area contributed by atoms with E-state index in [1.165, 1.54) is 0 Å². The van der Waals surface area contributed by atoms with Gasteiger partial charge in [-0.3, -0.25) is 4.79 Å². The highest BCUT2D eigenvalue weighted by Gasteiger charge is 2.20. The molecule has 0 spiro atoms. The monoisotopic (exact) mass is 386 g/mol. The van der Waals surface area contributed by atoms with Crippen molar-refractivity contribution in [2.24, 2.45) is 5.92 Å². The Kier molecular flexibility index (Phi) is 6.68. The number of carbonyl (C=O) groups excluding carboxylic acids is 2. The van der Waals surface area contributed by atoms with Crippen molar-refractivity contribution in [3.05, 3.63) is 59.1 Å². The van der Waals surface area contributed by atoms with Gasteiger partial charge in [-0.05, 0) is 55.8 Å². The molecule has 4 N–H and O–H groups in total. The molecule has 0 unspecified atom stereocenters. The Morgan fingerprint density at radius 2 is 1.81 bits per heavy atom. The van der Waals surface area contributed by atoms with Crippen LogP contribution in [0.15, 0.2) is 48.5 Å². The predicted octanol–water partition coefficient (Wildman–Crippen LogP) is 3.60. The molecule has 0 atom stereocenters. The minimum absolute atomic E-state index is 0.0504. The number of para-hydroxylation sites is 1. The first kappa shape index (κ1) is 19.2. The fourth-order valence-electron chi connectivity index (χ4n) is 3.00. The molecule has 0 saturated carbocycles. The van der Waals surface area contributed by atoms with Gasteiger partial charge in [0.05, 0.1) is 10.7 Å². The number of halogens is 1. The molecule has 1 aliphatic heterocycles. The molecule has 1 aliphatic rings. The molecule has 1 fully saturated rings. The Labute approximate surface area is 163 Å². The molecule has 1 heterocycles. The van der Waals surface area contributed by atoms with Gasteiger partial charge < -0.3 is 21.3 Å². The Morgan fingerprint density at radius 3 is 2.59 bits per heavy atom. The van der Waals surface area contributed by atoms with Crippen molar-refractivity contribution in [3.8, 4) is 0 Å². The summed E-state index contributed by atoms with van der Waals surface area (Å²) in [6.45, 7) is 2.10. The van der Waals surface area contributed by atoms with Crippen LogP contribution < -0.4 is 21.3 Å². The second-order valence-corrected chi connectivity index (χ2v) is 6.91. The lowest BCUT2D eigenvalue weighted by Gasteiger charge is -2.21. The molecule has 3 amide bonds. The van der Waals surface area contributed by atoms with Crippen LogP contribution in [0, 0.1) is 5.92 Å². The van der Waals surface area contributed by atoms with Crippen molar-refractivity contribution in [2.75, 3.05) is 23.7 Å². The van der Waals surface area contributed by atoms with E-state index in [1.807, 2.05) is 24.3 Å². The highest BCUT2D eigenvalue weighted by Crippen LogP contribution is 2.20. The van der Waals surface area contributed by atoms with Gasteiger partial charge in [-0.25, -0.2) is 4.79 Å². The fourth-order valence-corrected chi connectivity index (χ4v) is 3.18. The fraction of sp³-hybridized carbons (Fsp3) is 0.300. The topological polar surface area (TPSA) is 82.3 Å². The number of amides is 3. The van der Waals surface area contributed by atoms with Crippen LogP contribution in [0.4, 0.5) is 16.2 Å². The van der Waals surface area contributed by atoms with Crippen molar-refractivity contribution in [3.63, 3.8) is 0 Å². The summed E-state index contributed by atoms with van der Waals surface area (Å²) >= 11 is 6.03. The average molecular weight is 387 g/mol. The summed E-state index contributed by atoms with van der Waals surface area (Å²) in [6, 6.07) is 14.2. The Hall–Kier alpha value is -2.57. The number of piperidine rings is 1. The first-order valence-electron chi connectivity index (χ1n) is 9.02. The second-order valence-electron chi connectivity index (χ2n) is 6.50. The lowest BCUT2D eigenvalue weighted by Crippen LogP contribution is -2.34.